The van der Waals surface area contributed by atoms with Crippen molar-refractivity contribution < 1.29 is 22.7 Å². The average molecular weight is 342 g/mol. The SMILES string of the molecule is CCOC(=O)c1ccc(NC(=O)CN(C(C)C)S(C)(=O)=O)cc1. The van der Waals surface area contributed by atoms with Crippen LogP contribution in [0.15, 0.2) is 24.3 Å². The fourth-order valence-corrected chi connectivity index (χ4v) is 3.05. The summed E-state index contributed by atoms with van der Waals surface area (Å²) in [5.41, 5.74) is 0.852. The summed E-state index contributed by atoms with van der Waals surface area (Å²) in [7, 11) is -3.46. The second-order valence-corrected chi connectivity index (χ2v) is 7.18. The van der Waals surface area contributed by atoms with Crippen LogP contribution in [0, 0.1) is 0 Å². The highest BCUT2D eigenvalue weighted by Crippen LogP contribution is 2.12. The number of ether oxygens (including phenoxy) is 1. The zero-order valence-corrected chi connectivity index (χ0v) is 14.5. The fraction of sp³-hybridized carbons (Fsp3) is 0.467. The van der Waals surface area contributed by atoms with Crippen LogP contribution >= 0.6 is 0 Å². The summed E-state index contributed by atoms with van der Waals surface area (Å²) in [5.74, 6) is -0.888. The molecule has 0 aliphatic rings. The first-order valence-corrected chi connectivity index (χ1v) is 9.03. The van der Waals surface area contributed by atoms with Crippen LogP contribution < -0.4 is 5.32 Å². The molecule has 0 unspecified atom stereocenters. The minimum absolute atomic E-state index is 0.268. The van der Waals surface area contributed by atoms with Crippen LogP contribution in [0.2, 0.25) is 0 Å². The van der Waals surface area contributed by atoms with E-state index in [1.807, 2.05) is 0 Å². The number of sulfonamides is 1. The van der Waals surface area contributed by atoms with Crippen molar-refractivity contribution in [1.82, 2.24) is 4.31 Å². The second kappa shape index (κ2) is 8.07. The van der Waals surface area contributed by atoms with E-state index in [4.69, 9.17) is 4.74 Å². The molecule has 0 aliphatic carbocycles. The summed E-state index contributed by atoms with van der Waals surface area (Å²) in [5, 5.41) is 2.60. The molecule has 0 aliphatic heterocycles. The van der Waals surface area contributed by atoms with Crippen LogP contribution in [-0.4, -0.2) is 50.0 Å². The monoisotopic (exact) mass is 342 g/mol. The van der Waals surface area contributed by atoms with E-state index in [1.54, 1.807) is 32.9 Å². The summed E-state index contributed by atoms with van der Waals surface area (Å²) < 4.78 is 29.2. The molecule has 0 heterocycles. The average Bonchev–Trinajstić information content (AvgIpc) is 2.44. The molecule has 0 aromatic heterocycles. The standard InChI is InChI=1S/C15H22N2O5S/c1-5-22-15(19)12-6-8-13(9-7-12)16-14(18)10-17(11(2)3)23(4,20)21/h6-9,11H,5,10H2,1-4H3,(H,16,18). The van der Waals surface area contributed by atoms with Crippen molar-refractivity contribution in [2.24, 2.45) is 0 Å². The Balaban J connectivity index is 2.72. The maximum atomic E-state index is 12.0. The van der Waals surface area contributed by atoms with Crippen LogP contribution in [0.3, 0.4) is 0 Å². The van der Waals surface area contributed by atoms with E-state index in [0.29, 0.717) is 11.3 Å². The largest absolute Gasteiger partial charge is 0.462 e. The highest BCUT2D eigenvalue weighted by molar-refractivity contribution is 7.88. The van der Waals surface area contributed by atoms with E-state index in [0.717, 1.165) is 10.6 Å². The Morgan fingerprint density at radius 3 is 2.22 bits per heavy atom. The highest BCUT2D eigenvalue weighted by Gasteiger charge is 2.23. The number of rotatable bonds is 7. The van der Waals surface area contributed by atoms with Gasteiger partial charge in [0.05, 0.1) is 25.0 Å². The Morgan fingerprint density at radius 1 is 1.22 bits per heavy atom. The molecule has 0 spiro atoms. The number of amides is 1. The predicted molar refractivity (Wildman–Crippen MR) is 87.7 cm³/mol. The summed E-state index contributed by atoms with van der Waals surface area (Å²) in [6, 6.07) is 5.87. The molecule has 1 rings (SSSR count). The van der Waals surface area contributed by atoms with Gasteiger partial charge in [0, 0.05) is 11.7 Å². The van der Waals surface area contributed by atoms with Crippen molar-refractivity contribution >= 4 is 27.6 Å². The molecule has 1 N–H and O–H groups in total. The number of nitrogens with zero attached hydrogens (tertiary/aromatic N) is 1. The number of anilines is 1. The fourth-order valence-electron chi connectivity index (χ4n) is 1.93. The van der Waals surface area contributed by atoms with Crippen molar-refractivity contribution in [3.05, 3.63) is 29.8 Å². The van der Waals surface area contributed by atoms with Gasteiger partial charge in [-0.3, -0.25) is 4.79 Å². The molecule has 1 aromatic carbocycles. The number of hydrogen-bond donors (Lipinski definition) is 1. The summed E-state index contributed by atoms with van der Waals surface area (Å²) in [6.07, 6.45) is 1.06. The molecule has 1 amide bonds. The van der Waals surface area contributed by atoms with Gasteiger partial charge in [0.2, 0.25) is 15.9 Å². The van der Waals surface area contributed by atoms with Crippen molar-refractivity contribution in [1.29, 1.82) is 0 Å². The number of esters is 1. The van der Waals surface area contributed by atoms with Gasteiger partial charge in [-0.2, -0.15) is 4.31 Å². The van der Waals surface area contributed by atoms with Crippen molar-refractivity contribution in [3.63, 3.8) is 0 Å². The number of carbonyl (C=O) groups excluding carboxylic acids is 2. The van der Waals surface area contributed by atoms with Gasteiger partial charge in [-0.05, 0) is 45.0 Å². The van der Waals surface area contributed by atoms with E-state index in [9.17, 15) is 18.0 Å². The first kappa shape index (κ1) is 19.1. The molecule has 7 nitrogen and oxygen atoms in total. The van der Waals surface area contributed by atoms with Crippen LogP contribution in [-0.2, 0) is 19.6 Å². The Hall–Kier alpha value is -1.93. The van der Waals surface area contributed by atoms with Crippen LogP contribution in [0.4, 0.5) is 5.69 Å². The van der Waals surface area contributed by atoms with Gasteiger partial charge in [-0.25, -0.2) is 13.2 Å². The van der Waals surface area contributed by atoms with E-state index >= 15 is 0 Å². The summed E-state index contributed by atoms with van der Waals surface area (Å²) in [4.78, 5) is 23.5. The van der Waals surface area contributed by atoms with Crippen LogP contribution in [0.1, 0.15) is 31.1 Å². The first-order valence-electron chi connectivity index (χ1n) is 7.19. The molecule has 0 saturated heterocycles. The van der Waals surface area contributed by atoms with Crippen molar-refractivity contribution in [2.75, 3.05) is 24.7 Å². The maximum absolute atomic E-state index is 12.0. The Labute approximate surface area is 136 Å². The van der Waals surface area contributed by atoms with Gasteiger partial charge in [-0.1, -0.05) is 0 Å². The molecule has 0 bridgehead atoms. The van der Waals surface area contributed by atoms with Crippen molar-refractivity contribution in [3.8, 4) is 0 Å². The van der Waals surface area contributed by atoms with Crippen molar-refractivity contribution in [2.45, 2.75) is 26.8 Å². The zero-order chi connectivity index (χ0) is 17.6. The van der Waals surface area contributed by atoms with Gasteiger partial charge in [0.15, 0.2) is 0 Å². The van der Waals surface area contributed by atoms with Gasteiger partial charge in [0.25, 0.3) is 0 Å². The Kier molecular flexibility index (Phi) is 6.71. The predicted octanol–water partition coefficient (Wildman–Crippen LogP) is 1.47. The smallest absolute Gasteiger partial charge is 0.338 e. The molecule has 0 fully saturated rings. The molecule has 0 saturated carbocycles. The zero-order valence-electron chi connectivity index (χ0n) is 13.7. The third-order valence-electron chi connectivity index (χ3n) is 2.98. The molecular weight excluding hydrogens is 320 g/mol. The lowest BCUT2D eigenvalue weighted by Gasteiger charge is -2.23. The first-order chi connectivity index (χ1) is 10.6. The Morgan fingerprint density at radius 2 is 1.78 bits per heavy atom. The van der Waals surface area contributed by atoms with E-state index in [-0.39, 0.29) is 19.2 Å². The second-order valence-electron chi connectivity index (χ2n) is 5.25. The lowest BCUT2D eigenvalue weighted by Crippen LogP contribution is -2.41. The Bertz CT molecular complexity index is 653. The maximum Gasteiger partial charge on any atom is 0.338 e. The van der Waals surface area contributed by atoms with E-state index in [2.05, 4.69) is 5.32 Å². The van der Waals surface area contributed by atoms with Gasteiger partial charge < -0.3 is 10.1 Å². The number of carbonyl (C=O) groups is 2. The molecule has 23 heavy (non-hydrogen) atoms. The molecule has 8 heteroatoms. The minimum Gasteiger partial charge on any atom is -0.462 e. The number of benzene rings is 1. The van der Waals surface area contributed by atoms with E-state index in [1.165, 1.54) is 12.1 Å². The lowest BCUT2D eigenvalue weighted by molar-refractivity contribution is -0.116. The molecule has 0 radical (unpaired) electrons. The lowest BCUT2D eigenvalue weighted by atomic mass is 10.2. The van der Waals surface area contributed by atoms with Gasteiger partial charge in [-0.15, -0.1) is 0 Å². The number of nitrogens with one attached hydrogen (secondary N) is 1. The van der Waals surface area contributed by atoms with Crippen LogP contribution in [0.25, 0.3) is 0 Å². The topological polar surface area (TPSA) is 92.8 Å². The third-order valence-corrected chi connectivity index (χ3v) is 4.38. The molecule has 1 aromatic rings. The highest BCUT2D eigenvalue weighted by atomic mass is 32.2. The molecule has 0 atom stereocenters. The van der Waals surface area contributed by atoms with Crippen LogP contribution in [0.5, 0.6) is 0 Å². The van der Waals surface area contributed by atoms with Gasteiger partial charge in [0.1, 0.15) is 0 Å². The minimum atomic E-state index is -3.46. The summed E-state index contributed by atoms with van der Waals surface area (Å²) in [6.45, 7) is 5.13. The van der Waals surface area contributed by atoms with E-state index < -0.39 is 21.9 Å². The number of hydrogen-bond acceptors (Lipinski definition) is 5. The summed E-state index contributed by atoms with van der Waals surface area (Å²) >= 11 is 0. The molecular formula is C15H22N2O5S. The third kappa shape index (κ3) is 5.99. The quantitative estimate of drug-likeness (QED) is 0.758. The normalized spacial score (nSPS) is 11.6. The van der Waals surface area contributed by atoms with Gasteiger partial charge >= 0.3 is 5.97 Å². The molecule has 128 valence electrons.